The van der Waals surface area contributed by atoms with Gasteiger partial charge in [-0.1, -0.05) is 32.6 Å². The van der Waals surface area contributed by atoms with Gasteiger partial charge in [0, 0.05) is 37.9 Å². The van der Waals surface area contributed by atoms with Crippen LogP contribution in [0.15, 0.2) is 43.1 Å². The fourth-order valence-electron chi connectivity index (χ4n) is 5.37. The topological polar surface area (TPSA) is 126 Å². The number of carbonyl (C=O) groups is 2. The number of piperidine rings is 1. The Bertz CT molecular complexity index is 1380. The summed E-state index contributed by atoms with van der Waals surface area (Å²) in [6.07, 6.45) is 7.20. The Morgan fingerprint density at radius 3 is 2.80 bits per heavy atom. The first kappa shape index (κ1) is 28.7. The molecule has 3 N–H and O–H groups in total. The number of anilines is 3. The maximum absolute atomic E-state index is 13.3. The first-order valence-electron chi connectivity index (χ1n) is 14.6. The molecule has 1 atom stereocenters. The summed E-state index contributed by atoms with van der Waals surface area (Å²) in [4.78, 5) is 36.9. The molecule has 0 bridgehead atoms. The second-order valence-electron chi connectivity index (χ2n) is 11.0. The lowest BCUT2D eigenvalue weighted by Gasteiger charge is -2.28. The largest absolute Gasteiger partial charge is 0.381 e. The van der Waals surface area contributed by atoms with Gasteiger partial charge in [-0.2, -0.15) is 19.6 Å². The smallest absolute Gasteiger partial charge is 0.257 e. The van der Waals surface area contributed by atoms with E-state index in [1.54, 1.807) is 10.6 Å². The van der Waals surface area contributed by atoms with Crippen LogP contribution in [0.1, 0.15) is 56.6 Å². The van der Waals surface area contributed by atoms with E-state index in [0.717, 1.165) is 62.2 Å². The van der Waals surface area contributed by atoms with Gasteiger partial charge in [-0.25, -0.2) is 4.90 Å². The molecular formula is C30H40N8O3. The van der Waals surface area contributed by atoms with Crippen LogP contribution in [-0.2, 0) is 20.7 Å². The maximum Gasteiger partial charge on any atom is 0.257 e. The number of fused-ring (bicyclic) bond motifs is 1. The second kappa shape index (κ2) is 13.2. The van der Waals surface area contributed by atoms with E-state index in [4.69, 9.17) is 14.7 Å². The van der Waals surface area contributed by atoms with Crippen molar-refractivity contribution in [2.75, 3.05) is 48.4 Å². The number of aromatic nitrogens is 4. The summed E-state index contributed by atoms with van der Waals surface area (Å²) in [7, 11) is 0. The Morgan fingerprint density at radius 1 is 1.24 bits per heavy atom. The molecule has 0 spiro atoms. The summed E-state index contributed by atoms with van der Waals surface area (Å²) in [5.74, 6) is 0.615. The highest BCUT2D eigenvalue weighted by Crippen LogP contribution is 2.25. The van der Waals surface area contributed by atoms with Crippen molar-refractivity contribution in [1.29, 1.82) is 0 Å². The Kier molecular flexibility index (Phi) is 9.25. The molecule has 3 aromatic rings. The van der Waals surface area contributed by atoms with Gasteiger partial charge >= 0.3 is 0 Å². The molecule has 1 unspecified atom stereocenters. The Hall–Kier alpha value is -3.83. The van der Waals surface area contributed by atoms with E-state index >= 15 is 0 Å². The fraction of sp³-hybridized carbons (Fsp3) is 0.500. The number of carbonyl (C=O) groups excluding carboxylic acids is 2. The fourth-order valence-corrected chi connectivity index (χ4v) is 5.37. The summed E-state index contributed by atoms with van der Waals surface area (Å²) >= 11 is 0. The summed E-state index contributed by atoms with van der Waals surface area (Å²) in [6, 6.07) is 7.83. The predicted molar refractivity (Wildman–Crippen MR) is 159 cm³/mol. The van der Waals surface area contributed by atoms with Gasteiger partial charge in [0.25, 0.3) is 5.91 Å². The SMILES string of the molecule is C=CC(=O)N(C(=O)C1CCCNC1)c1cccc(CCNc2nc(NC3CCOCC3)nc3c(C(C)C)cnn23)c1. The van der Waals surface area contributed by atoms with Gasteiger partial charge in [-0.3, -0.25) is 9.59 Å². The van der Waals surface area contributed by atoms with E-state index in [1.165, 1.54) is 11.0 Å². The number of benzene rings is 1. The molecule has 0 aliphatic carbocycles. The van der Waals surface area contributed by atoms with E-state index in [1.807, 2.05) is 24.4 Å². The van der Waals surface area contributed by atoms with Crippen LogP contribution in [-0.4, -0.2) is 70.3 Å². The number of rotatable bonds is 10. The third-order valence-corrected chi connectivity index (χ3v) is 7.70. The first-order valence-corrected chi connectivity index (χ1v) is 14.6. The molecular weight excluding hydrogens is 520 g/mol. The summed E-state index contributed by atoms with van der Waals surface area (Å²) in [6.45, 7) is 11.4. The zero-order valence-electron chi connectivity index (χ0n) is 23.9. The number of imide groups is 1. The highest BCUT2D eigenvalue weighted by atomic mass is 16.5. The molecule has 2 saturated heterocycles. The normalized spacial score (nSPS) is 17.9. The minimum Gasteiger partial charge on any atom is -0.381 e. The Balaban J connectivity index is 1.32. The molecule has 2 fully saturated rings. The van der Waals surface area contributed by atoms with Gasteiger partial charge < -0.3 is 20.7 Å². The molecule has 218 valence electrons. The summed E-state index contributed by atoms with van der Waals surface area (Å²) < 4.78 is 7.25. The molecule has 2 amide bonds. The van der Waals surface area contributed by atoms with Crippen LogP contribution in [0.4, 0.5) is 17.6 Å². The number of nitrogens with one attached hydrogen (secondary N) is 3. The summed E-state index contributed by atoms with van der Waals surface area (Å²) in [5, 5.41) is 14.8. The molecule has 41 heavy (non-hydrogen) atoms. The number of amides is 2. The van der Waals surface area contributed by atoms with Gasteiger partial charge in [0.15, 0.2) is 5.65 Å². The first-order chi connectivity index (χ1) is 19.9. The Morgan fingerprint density at radius 2 is 2.07 bits per heavy atom. The average Bonchev–Trinajstić information content (AvgIpc) is 3.43. The predicted octanol–water partition coefficient (Wildman–Crippen LogP) is 3.54. The number of hydrogen-bond acceptors (Lipinski definition) is 9. The summed E-state index contributed by atoms with van der Waals surface area (Å²) in [5.41, 5.74) is 3.39. The van der Waals surface area contributed by atoms with Crippen LogP contribution in [0.25, 0.3) is 5.65 Å². The van der Waals surface area contributed by atoms with Crippen molar-refractivity contribution in [2.24, 2.45) is 5.92 Å². The molecule has 4 heterocycles. The van der Waals surface area contributed by atoms with E-state index in [-0.39, 0.29) is 23.8 Å². The van der Waals surface area contributed by atoms with Gasteiger partial charge in [0.05, 0.1) is 17.8 Å². The second-order valence-corrected chi connectivity index (χ2v) is 11.0. The van der Waals surface area contributed by atoms with Gasteiger partial charge in [-0.05, 0) is 68.3 Å². The molecule has 11 heteroatoms. The average molecular weight is 561 g/mol. The lowest BCUT2D eigenvalue weighted by Crippen LogP contribution is -2.45. The molecule has 0 saturated carbocycles. The van der Waals surface area contributed by atoms with E-state index in [2.05, 4.69) is 41.5 Å². The van der Waals surface area contributed by atoms with Crippen molar-refractivity contribution in [3.8, 4) is 0 Å². The van der Waals surface area contributed by atoms with Crippen LogP contribution < -0.4 is 20.9 Å². The lowest BCUT2D eigenvalue weighted by molar-refractivity contribution is -0.127. The zero-order chi connectivity index (χ0) is 28.8. The monoisotopic (exact) mass is 560 g/mol. The van der Waals surface area contributed by atoms with Gasteiger partial charge in [0.2, 0.25) is 17.8 Å². The quantitative estimate of drug-likeness (QED) is 0.319. The Labute approximate surface area is 240 Å². The van der Waals surface area contributed by atoms with Crippen LogP contribution in [0.3, 0.4) is 0 Å². The molecule has 5 rings (SSSR count). The zero-order valence-corrected chi connectivity index (χ0v) is 23.9. The van der Waals surface area contributed by atoms with Crippen LogP contribution in [0, 0.1) is 5.92 Å². The number of ether oxygens (including phenoxy) is 1. The molecule has 2 aliphatic rings. The van der Waals surface area contributed by atoms with Crippen molar-refractivity contribution in [3.05, 3.63) is 54.2 Å². The van der Waals surface area contributed by atoms with Gasteiger partial charge in [-0.15, -0.1) is 0 Å². The van der Waals surface area contributed by atoms with Crippen molar-refractivity contribution in [1.82, 2.24) is 24.9 Å². The van der Waals surface area contributed by atoms with Crippen LogP contribution in [0.5, 0.6) is 0 Å². The molecule has 0 radical (unpaired) electrons. The van der Waals surface area contributed by atoms with E-state index in [0.29, 0.717) is 37.1 Å². The van der Waals surface area contributed by atoms with Crippen molar-refractivity contribution < 1.29 is 14.3 Å². The lowest BCUT2D eigenvalue weighted by atomic mass is 9.97. The van der Waals surface area contributed by atoms with Crippen LogP contribution in [0.2, 0.25) is 0 Å². The molecule has 2 aromatic heterocycles. The van der Waals surface area contributed by atoms with Crippen molar-refractivity contribution in [3.63, 3.8) is 0 Å². The molecule has 1 aromatic carbocycles. The number of hydrogen-bond donors (Lipinski definition) is 3. The maximum atomic E-state index is 13.3. The minimum absolute atomic E-state index is 0.190. The van der Waals surface area contributed by atoms with Crippen LogP contribution >= 0.6 is 0 Å². The minimum atomic E-state index is -0.413. The number of nitrogens with zero attached hydrogens (tertiary/aromatic N) is 5. The van der Waals surface area contributed by atoms with E-state index in [9.17, 15) is 9.59 Å². The third-order valence-electron chi connectivity index (χ3n) is 7.70. The van der Waals surface area contributed by atoms with Gasteiger partial charge in [0.1, 0.15) is 0 Å². The van der Waals surface area contributed by atoms with Crippen molar-refractivity contribution in [2.45, 2.75) is 57.9 Å². The highest BCUT2D eigenvalue weighted by Gasteiger charge is 2.30. The van der Waals surface area contributed by atoms with Crippen molar-refractivity contribution >= 4 is 35.0 Å². The standard InChI is InChI=1S/C30H40N8O3/c1-4-26(39)37(28(40)22-8-6-13-31-18-22)24-9-5-7-21(17-24)10-14-32-30-36-29(34-23-11-15-41-16-12-23)35-27-25(20(2)3)19-33-38(27)30/h4-5,7,9,17,19-20,22-23,31H,1,6,8,10-16,18H2,2-3H3,(H2,32,34,35,36). The molecule has 11 nitrogen and oxygen atoms in total. The third kappa shape index (κ3) is 6.74. The highest BCUT2D eigenvalue weighted by molar-refractivity contribution is 6.19. The molecule has 2 aliphatic heterocycles. The van der Waals surface area contributed by atoms with E-state index < -0.39 is 5.91 Å².